The summed E-state index contributed by atoms with van der Waals surface area (Å²) in [5.74, 6) is -1.20. The largest absolute Gasteiger partial charge is 0.493 e. The van der Waals surface area contributed by atoms with E-state index in [0.29, 0.717) is 83.2 Å². The second kappa shape index (κ2) is 21.6. The highest BCUT2D eigenvalue weighted by Crippen LogP contribution is 2.35. The fraction of sp³-hybridized carbons (Fsp3) is 0.333. The zero-order chi connectivity index (χ0) is 49.6. The first-order chi connectivity index (χ1) is 34.4. The molecule has 16 nitrogen and oxygen atoms in total. The summed E-state index contributed by atoms with van der Waals surface area (Å²) in [5, 5.41) is 31.0. The van der Waals surface area contributed by atoms with E-state index in [1.54, 1.807) is 25.2 Å². The Balaban J connectivity index is 0.738. The lowest BCUT2D eigenvalue weighted by Crippen LogP contribution is -2.44. The van der Waals surface area contributed by atoms with Crippen LogP contribution in [0.3, 0.4) is 0 Å². The van der Waals surface area contributed by atoms with Gasteiger partial charge in [-0.3, -0.25) is 34.7 Å². The summed E-state index contributed by atoms with van der Waals surface area (Å²) in [5.41, 5.74) is 7.24. The third kappa shape index (κ3) is 11.1. The highest BCUT2D eigenvalue weighted by atomic mass is 32.1. The summed E-state index contributed by atoms with van der Waals surface area (Å²) in [7, 11) is 1.72. The molecule has 6 aromatic rings. The third-order valence-electron chi connectivity index (χ3n) is 13.8. The van der Waals surface area contributed by atoms with E-state index in [-0.39, 0.29) is 42.1 Å². The number of anilines is 4. The quantitative estimate of drug-likeness (QED) is 0.0288. The van der Waals surface area contributed by atoms with Crippen molar-refractivity contribution in [1.29, 1.82) is 5.41 Å². The van der Waals surface area contributed by atoms with Gasteiger partial charge < -0.3 is 30.8 Å². The molecule has 2 fully saturated rings. The second-order valence-electron chi connectivity index (χ2n) is 18.4. The van der Waals surface area contributed by atoms with Gasteiger partial charge in [0.15, 0.2) is 10.8 Å². The average Bonchev–Trinajstić information content (AvgIpc) is 3.79. The number of ether oxygens (including phenoxy) is 1. The minimum absolute atomic E-state index is 0.0527. The number of nitrogens with one attached hydrogen (secondary N) is 5. The van der Waals surface area contributed by atoms with Crippen molar-refractivity contribution in [1.82, 2.24) is 20.2 Å². The number of unbranched alkanes of at least 4 members (excludes halogenated alkanes) is 1. The highest BCUT2D eigenvalue weighted by molar-refractivity contribution is 7.22. The van der Waals surface area contributed by atoms with Gasteiger partial charge in [0, 0.05) is 54.6 Å². The van der Waals surface area contributed by atoms with Gasteiger partial charge >= 0.3 is 5.97 Å². The van der Waals surface area contributed by atoms with Crippen molar-refractivity contribution in [2.45, 2.75) is 64.8 Å². The number of likely N-dealkylation sites (tertiary alicyclic amines) is 1. The number of nitrogens with zero attached hydrogens (tertiary/aromatic N) is 4. The number of carboxylic acid groups (broad SMARTS) is 1. The maximum Gasteiger partial charge on any atom is 0.355 e. The van der Waals surface area contributed by atoms with E-state index in [9.17, 15) is 29.1 Å². The van der Waals surface area contributed by atoms with Gasteiger partial charge in [-0.05, 0) is 141 Å². The van der Waals surface area contributed by atoms with Crippen LogP contribution in [0.2, 0.25) is 0 Å². The molecule has 6 N–H and O–H groups in total. The van der Waals surface area contributed by atoms with Gasteiger partial charge in [0.25, 0.3) is 5.91 Å². The maximum absolute atomic E-state index is 13.6. The van der Waals surface area contributed by atoms with Crippen LogP contribution in [0.1, 0.15) is 88.0 Å². The molecule has 3 aliphatic rings. The van der Waals surface area contributed by atoms with Crippen molar-refractivity contribution >= 4 is 79.2 Å². The number of hydrogen-bond donors (Lipinski definition) is 6. The van der Waals surface area contributed by atoms with Crippen molar-refractivity contribution < 1.29 is 33.8 Å². The number of thiazole rings is 1. The van der Waals surface area contributed by atoms with Crippen LogP contribution < -0.4 is 30.9 Å². The van der Waals surface area contributed by atoms with Crippen molar-refractivity contribution in [3.05, 3.63) is 125 Å². The number of carbonyl (C=O) groups is 5. The van der Waals surface area contributed by atoms with Gasteiger partial charge in [-0.25, -0.2) is 14.8 Å². The number of fused-ring (bicyclic) bond motifs is 2. The molecule has 5 heterocycles. The summed E-state index contributed by atoms with van der Waals surface area (Å²) in [6.45, 7) is 5.41. The number of benzene rings is 4. The standard InChI is InChI=1S/C54H57N9O7S/c1-32-36(37-18-20-46(59-50(37)53(68)69)63-27-24-34-10-7-12-38(41(34)30-63)51(66)61-54-58-42-13-3-4-15-45(42)71-54)11-8-14-44(32)70-28-6-5-9-33-22-25-62(26-23-33)31-48(65)57-35-16-17-39(43(29-35)56-2)49(55)40-19-21-47(64)60-52(40)67/h3-4,7-8,10-18,20,29,33,40,55-56H,5-6,9,19,21-28,30-31H2,1-2H3,(H,57,65)(H,68,69)(H,58,61,66)(H,60,64,67). The molecule has 2 aromatic heterocycles. The number of rotatable bonds is 17. The summed E-state index contributed by atoms with van der Waals surface area (Å²) in [4.78, 5) is 76.9. The molecule has 4 aromatic carbocycles. The molecule has 0 aliphatic carbocycles. The molecular formula is C54H57N9O7S. The van der Waals surface area contributed by atoms with E-state index in [1.807, 2.05) is 84.6 Å². The van der Waals surface area contributed by atoms with Gasteiger partial charge in [-0.15, -0.1) is 0 Å². The Labute approximate surface area is 415 Å². The predicted octanol–water partition coefficient (Wildman–Crippen LogP) is 8.54. The van der Waals surface area contributed by atoms with E-state index >= 15 is 0 Å². The molecule has 0 bridgehead atoms. The van der Waals surface area contributed by atoms with Crippen LogP contribution in [0.25, 0.3) is 21.3 Å². The normalized spacial score (nSPS) is 16.3. The Morgan fingerprint density at radius 3 is 2.48 bits per heavy atom. The number of pyridine rings is 1. The van der Waals surface area contributed by atoms with Gasteiger partial charge in [-0.2, -0.15) is 0 Å². The molecule has 366 valence electrons. The molecule has 0 spiro atoms. The minimum atomic E-state index is -1.13. The molecule has 71 heavy (non-hydrogen) atoms. The number of imide groups is 1. The molecule has 0 saturated carbocycles. The van der Waals surface area contributed by atoms with Gasteiger partial charge in [0.05, 0.1) is 35.0 Å². The Kier molecular flexibility index (Phi) is 14.8. The lowest BCUT2D eigenvalue weighted by atomic mass is 9.88. The monoisotopic (exact) mass is 975 g/mol. The summed E-state index contributed by atoms with van der Waals surface area (Å²) >= 11 is 1.43. The van der Waals surface area contributed by atoms with Crippen LogP contribution in [0.4, 0.5) is 22.3 Å². The predicted molar refractivity (Wildman–Crippen MR) is 276 cm³/mol. The van der Waals surface area contributed by atoms with Crippen molar-refractivity contribution in [3.8, 4) is 16.9 Å². The second-order valence-corrected chi connectivity index (χ2v) is 19.4. The molecule has 4 amide bonds. The average molecular weight is 976 g/mol. The third-order valence-corrected chi connectivity index (χ3v) is 14.8. The lowest BCUT2D eigenvalue weighted by Gasteiger charge is -2.31. The van der Waals surface area contributed by atoms with Gasteiger partial charge in [-0.1, -0.05) is 54.2 Å². The molecule has 3 aliphatic heterocycles. The zero-order valence-corrected chi connectivity index (χ0v) is 40.6. The number of carbonyl (C=O) groups excluding carboxylic acids is 4. The number of hydrogen-bond acceptors (Lipinski definition) is 13. The Bertz CT molecular complexity index is 3000. The number of carboxylic acids is 1. The van der Waals surface area contributed by atoms with E-state index in [4.69, 9.17) is 15.1 Å². The van der Waals surface area contributed by atoms with Crippen LogP contribution in [0.15, 0.2) is 91.0 Å². The molecule has 17 heteroatoms. The maximum atomic E-state index is 13.6. The van der Waals surface area contributed by atoms with E-state index in [0.717, 1.165) is 77.7 Å². The molecule has 1 atom stereocenters. The first-order valence-electron chi connectivity index (χ1n) is 24.2. The zero-order valence-electron chi connectivity index (χ0n) is 39.8. The topological polar surface area (TPSA) is 219 Å². The van der Waals surface area contributed by atoms with Crippen LogP contribution >= 0.6 is 11.3 Å². The molecule has 2 saturated heterocycles. The summed E-state index contributed by atoms with van der Waals surface area (Å²) in [6, 6.07) is 28.1. The number of amides is 4. The van der Waals surface area contributed by atoms with Gasteiger partial charge in [0.2, 0.25) is 17.7 Å². The van der Waals surface area contributed by atoms with Gasteiger partial charge in [0.1, 0.15) is 11.6 Å². The first-order valence-corrected chi connectivity index (χ1v) is 25.0. The van der Waals surface area contributed by atoms with E-state index < -0.39 is 17.8 Å². The Morgan fingerprint density at radius 1 is 0.873 bits per heavy atom. The molecule has 1 unspecified atom stereocenters. The lowest BCUT2D eigenvalue weighted by molar-refractivity contribution is -0.134. The van der Waals surface area contributed by atoms with Crippen molar-refractivity contribution in [3.63, 3.8) is 0 Å². The van der Waals surface area contributed by atoms with Crippen molar-refractivity contribution in [2.24, 2.45) is 11.8 Å². The van der Waals surface area contributed by atoms with Crippen molar-refractivity contribution in [2.75, 3.05) is 60.7 Å². The molecule has 9 rings (SSSR count). The van der Waals surface area contributed by atoms with E-state index in [2.05, 4.69) is 31.2 Å². The fourth-order valence-electron chi connectivity index (χ4n) is 9.92. The van der Waals surface area contributed by atoms with Crippen LogP contribution in [-0.4, -0.2) is 95.1 Å². The number of piperidine rings is 2. The fourth-order valence-corrected chi connectivity index (χ4v) is 10.8. The number of para-hydroxylation sites is 1. The minimum Gasteiger partial charge on any atom is -0.493 e. The molecular weight excluding hydrogens is 919 g/mol. The summed E-state index contributed by atoms with van der Waals surface area (Å²) < 4.78 is 7.29. The Hall–Kier alpha value is -7.50. The SMILES string of the molecule is CNc1cc(NC(=O)CN2CCC(CCCCOc3cccc(-c4ccc(N5CCc6cccc(C(=O)Nc7nc8ccccc8s7)c6C5)nc4C(=O)O)c3C)CC2)ccc1C(=N)C1CCC(=O)NC1=O. The van der Waals surface area contributed by atoms with Crippen LogP contribution in [0, 0.1) is 24.2 Å². The Morgan fingerprint density at radius 2 is 1.69 bits per heavy atom. The highest BCUT2D eigenvalue weighted by Gasteiger charge is 2.32. The first kappa shape index (κ1) is 48.5. The number of aromatic carboxylic acids is 1. The smallest absolute Gasteiger partial charge is 0.355 e. The molecule has 0 radical (unpaired) electrons. The van der Waals surface area contributed by atoms with E-state index in [1.165, 1.54) is 11.3 Å². The van der Waals surface area contributed by atoms with Crippen LogP contribution in [0.5, 0.6) is 5.75 Å². The number of aromatic nitrogens is 2. The van der Waals surface area contributed by atoms with Crippen LogP contribution in [-0.2, 0) is 27.3 Å². The summed E-state index contributed by atoms with van der Waals surface area (Å²) in [6.07, 6.45) is 6.10.